The lowest BCUT2D eigenvalue weighted by molar-refractivity contribution is -0.132. The Bertz CT molecular complexity index is 1430. The van der Waals surface area contributed by atoms with Gasteiger partial charge in [-0.25, -0.2) is 22.6 Å². The molecule has 2 aromatic heterocycles. The molecule has 4 rings (SSSR count). The minimum atomic E-state index is -3.87. The van der Waals surface area contributed by atoms with Crippen LogP contribution in [0.1, 0.15) is 0 Å². The highest BCUT2D eigenvalue weighted by Gasteiger charge is 2.30. The summed E-state index contributed by atoms with van der Waals surface area (Å²) in [6.45, 7) is 0.241. The molecule has 170 valence electrons. The smallest absolute Gasteiger partial charge is 0.332 e. The number of hydrogen-bond acceptors (Lipinski definition) is 6. The standard InChI is InChI=1S/C19H21FN6O5S/c1-22-17-16(18(28)23(2)19(22)29)25(12-21-17)11-15(27)24-6-8-26(9-7-24)32(30,31)14-5-3-4-13(20)10-14/h3-5,10,12H,6-9,11H2,1-2H3. The topological polar surface area (TPSA) is 120 Å². The number of nitrogens with zero attached hydrogens (tertiary/aromatic N) is 6. The summed E-state index contributed by atoms with van der Waals surface area (Å²) in [5.74, 6) is -0.959. The maximum atomic E-state index is 13.4. The summed E-state index contributed by atoms with van der Waals surface area (Å²) >= 11 is 0. The highest BCUT2D eigenvalue weighted by Crippen LogP contribution is 2.19. The van der Waals surface area contributed by atoms with Crippen LogP contribution in [0.2, 0.25) is 0 Å². The predicted octanol–water partition coefficient (Wildman–Crippen LogP) is -0.894. The number of piperazine rings is 1. The van der Waals surface area contributed by atoms with Gasteiger partial charge in [0, 0.05) is 40.3 Å². The van der Waals surface area contributed by atoms with Crippen molar-refractivity contribution >= 4 is 27.1 Å². The first-order valence-electron chi connectivity index (χ1n) is 9.75. The van der Waals surface area contributed by atoms with Crippen molar-refractivity contribution in [3.05, 3.63) is 57.2 Å². The van der Waals surface area contributed by atoms with E-state index in [1.807, 2.05) is 0 Å². The molecule has 1 fully saturated rings. The van der Waals surface area contributed by atoms with E-state index in [0.717, 1.165) is 10.6 Å². The Morgan fingerprint density at radius 3 is 2.44 bits per heavy atom. The molecule has 0 bridgehead atoms. The number of aryl methyl sites for hydroxylation is 1. The molecule has 1 aliphatic rings. The lowest BCUT2D eigenvalue weighted by Gasteiger charge is -2.34. The Morgan fingerprint density at radius 1 is 1.09 bits per heavy atom. The summed E-state index contributed by atoms with van der Waals surface area (Å²) in [5, 5.41) is 0. The first kappa shape index (κ1) is 21.9. The van der Waals surface area contributed by atoms with Gasteiger partial charge >= 0.3 is 5.69 Å². The molecule has 1 saturated heterocycles. The number of fused-ring (bicyclic) bond motifs is 1. The van der Waals surface area contributed by atoms with Crippen LogP contribution in [-0.4, -0.2) is 68.4 Å². The van der Waals surface area contributed by atoms with Crippen LogP contribution in [0.5, 0.6) is 0 Å². The van der Waals surface area contributed by atoms with Crippen molar-refractivity contribution < 1.29 is 17.6 Å². The van der Waals surface area contributed by atoms with Gasteiger partial charge in [-0.15, -0.1) is 0 Å². The molecule has 1 aromatic carbocycles. The van der Waals surface area contributed by atoms with Crippen molar-refractivity contribution in [2.75, 3.05) is 26.2 Å². The van der Waals surface area contributed by atoms with Gasteiger partial charge in [0.2, 0.25) is 15.9 Å². The van der Waals surface area contributed by atoms with Crippen LogP contribution in [0.4, 0.5) is 4.39 Å². The molecule has 32 heavy (non-hydrogen) atoms. The first-order valence-corrected chi connectivity index (χ1v) is 11.2. The fraction of sp³-hybridized carbons (Fsp3) is 0.368. The minimum Gasteiger partial charge on any atom is -0.339 e. The number of rotatable bonds is 4. The summed E-state index contributed by atoms with van der Waals surface area (Å²) in [6.07, 6.45) is 1.33. The summed E-state index contributed by atoms with van der Waals surface area (Å²) in [5.41, 5.74) is -0.763. The quantitative estimate of drug-likeness (QED) is 0.494. The van der Waals surface area contributed by atoms with Gasteiger partial charge in [-0.05, 0) is 18.2 Å². The molecule has 0 radical (unpaired) electrons. The zero-order valence-corrected chi connectivity index (χ0v) is 18.2. The number of amides is 1. The van der Waals surface area contributed by atoms with E-state index in [-0.39, 0.29) is 54.7 Å². The molecule has 0 N–H and O–H groups in total. The predicted molar refractivity (Wildman–Crippen MR) is 112 cm³/mol. The number of aromatic nitrogens is 4. The monoisotopic (exact) mass is 464 g/mol. The Balaban J connectivity index is 1.49. The highest BCUT2D eigenvalue weighted by atomic mass is 32.2. The van der Waals surface area contributed by atoms with Gasteiger partial charge in [-0.1, -0.05) is 6.07 Å². The van der Waals surface area contributed by atoms with Crippen LogP contribution in [0.3, 0.4) is 0 Å². The van der Waals surface area contributed by atoms with Gasteiger partial charge in [-0.3, -0.25) is 18.7 Å². The van der Waals surface area contributed by atoms with Crippen molar-refractivity contribution in [2.45, 2.75) is 11.4 Å². The maximum Gasteiger partial charge on any atom is 0.332 e. The zero-order chi connectivity index (χ0) is 23.2. The second-order valence-corrected chi connectivity index (χ2v) is 9.43. The number of benzene rings is 1. The molecule has 0 saturated carbocycles. The molecule has 0 aliphatic carbocycles. The minimum absolute atomic E-state index is 0.0610. The normalized spacial score (nSPS) is 15.4. The molecule has 3 aromatic rings. The van der Waals surface area contributed by atoms with Gasteiger partial charge in [0.25, 0.3) is 5.56 Å². The average Bonchev–Trinajstić information content (AvgIpc) is 3.20. The third-order valence-corrected chi connectivity index (χ3v) is 7.44. The summed E-state index contributed by atoms with van der Waals surface area (Å²) in [7, 11) is -1.03. The van der Waals surface area contributed by atoms with E-state index < -0.39 is 27.1 Å². The molecule has 0 unspecified atom stereocenters. The van der Waals surface area contributed by atoms with Crippen LogP contribution in [0.15, 0.2) is 45.1 Å². The Labute approximate surface area is 182 Å². The SMILES string of the molecule is Cn1c(=O)c2c(ncn2CC(=O)N2CCN(S(=O)(=O)c3cccc(F)c3)CC2)n(C)c1=O. The molecule has 13 heteroatoms. The molecule has 1 amide bonds. The average molecular weight is 464 g/mol. The fourth-order valence-corrected chi connectivity index (χ4v) is 5.17. The van der Waals surface area contributed by atoms with Gasteiger partial charge in [-0.2, -0.15) is 4.31 Å². The van der Waals surface area contributed by atoms with Crippen molar-refractivity contribution in [3.63, 3.8) is 0 Å². The van der Waals surface area contributed by atoms with Crippen molar-refractivity contribution in [2.24, 2.45) is 14.1 Å². The number of halogens is 1. The third-order valence-electron chi connectivity index (χ3n) is 5.55. The molecule has 0 spiro atoms. The van der Waals surface area contributed by atoms with Crippen LogP contribution >= 0.6 is 0 Å². The number of carbonyl (C=O) groups is 1. The second kappa shape index (κ2) is 7.98. The fourth-order valence-electron chi connectivity index (χ4n) is 3.72. The molecule has 0 atom stereocenters. The summed E-state index contributed by atoms with van der Waals surface area (Å²) in [4.78, 5) is 42.8. The van der Waals surface area contributed by atoms with Crippen LogP contribution in [-0.2, 0) is 35.5 Å². The van der Waals surface area contributed by atoms with Crippen molar-refractivity contribution in [3.8, 4) is 0 Å². The van der Waals surface area contributed by atoms with Gasteiger partial charge in [0.05, 0.1) is 11.2 Å². The molecule has 3 heterocycles. The van der Waals surface area contributed by atoms with Gasteiger partial charge in [0.15, 0.2) is 11.2 Å². The van der Waals surface area contributed by atoms with E-state index in [1.165, 1.54) is 57.0 Å². The zero-order valence-electron chi connectivity index (χ0n) is 17.4. The molecule has 1 aliphatic heterocycles. The lowest BCUT2D eigenvalue weighted by atomic mass is 10.3. The van der Waals surface area contributed by atoms with Crippen molar-refractivity contribution in [1.29, 1.82) is 0 Å². The van der Waals surface area contributed by atoms with E-state index in [0.29, 0.717) is 0 Å². The maximum absolute atomic E-state index is 13.4. The molecule has 11 nitrogen and oxygen atoms in total. The Hall–Kier alpha value is -3.32. The van der Waals surface area contributed by atoms with Crippen LogP contribution in [0, 0.1) is 5.82 Å². The Morgan fingerprint density at radius 2 is 1.78 bits per heavy atom. The van der Waals surface area contributed by atoms with Gasteiger partial charge < -0.3 is 9.47 Å². The first-order chi connectivity index (χ1) is 15.1. The van der Waals surface area contributed by atoms with E-state index >= 15 is 0 Å². The summed E-state index contributed by atoms with van der Waals surface area (Å²) in [6, 6.07) is 4.79. The second-order valence-electron chi connectivity index (χ2n) is 7.49. The van der Waals surface area contributed by atoms with Crippen molar-refractivity contribution in [1.82, 2.24) is 27.9 Å². The van der Waals surface area contributed by atoms with Gasteiger partial charge in [0.1, 0.15) is 12.4 Å². The van der Waals surface area contributed by atoms with E-state index in [1.54, 1.807) is 0 Å². The molecular formula is C19H21FN6O5S. The lowest BCUT2D eigenvalue weighted by Crippen LogP contribution is -2.51. The van der Waals surface area contributed by atoms with Crippen LogP contribution < -0.4 is 11.2 Å². The third kappa shape index (κ3) is 3.62. The van der Waals surface area contributed by atoms with Crippen LogP contribution in [0.25, 0.3) is 11.2 Å². The van der Waals surface area contributed by atoms with E-state index in [4.69, 9.17) is 0 Å². The Kier molecular flexibility index (Phi) is 5.46. The number of imidazole rings is 1. The largest absolute Gasteiger partial charge is 0.339 e. The molecular weight excluding hydrogens is 443 g/mol. The number of sulfonamides is 1. The number of hydrogen-bond donors (Lipinski definition) is 0. The van der Waals surface area contributed by atoms with E-state index in [9.17, 15) is 27.2 Å². The number of carbonyl (C=O) groups excluding carboxylic acids is 1. The van der Waals surface area contributed by atoms with E-state index in [2.05, 4.69) is 4.98 Å². The summed E-state index contributed by atoms with van der Waals surface area (Å²) < 4.78 is 43.7. The highest BCUT2D eigenvalue weighted by molar-refractivity contribution is 7.89.